The van der Waals surface area contributed by atoms with Crippen LogP contribution in [-0.4, -0.2) is 11.9 Å². The Hall–Kier alpha value is -1.15. The largest absolute Gasteiger partial charge is 0.490 e. The highest BCUT2D eigenvalue weighted by Gasteiger charge is 2.18. The standard InChI is InChI=1S/C19H22OS/c1-2-5-17(4-1)20-18-10-9-14-12-16(8-7-15(14)13-18)19-6-3-11-21-19/h7-10,12-13,17,19H,1-6,11H2. The zero-order valence-electron chi connectivity index (χ0n) is 12.4. The minimum Gasteiger partial charge on any atom is -0.490 e. The van der Waals surface area contributed by atoms with E-state index < -0.39 is 0 Å². The van der Waals surface area contributed by atoms with Crippen molar-refractivity contribution in [1.29, 1.82) is 0 Å². The van der Waals surface area contributed by atoms with E-state index in [-0.39, 0.29) is 0 Å². The van der Waals surface area contributed by atoms with Crippen LogP contribution < -0.4 is 4.74 Å². The summed E-state index contributed by atoms with van der Waals surface area (Å²) in [5.41, 5.74) is 1.49. The molecule has 0 N–H and O–H groups in total. The molecule has 1 aliphatic heterocycles. The van der Waals surface area contributed by atoms with E-state index in [2.05, 4.69) is 48.2 Å². The molecule has 2 aliphatic rings. The molecule has 0 radical (unpaired) electrons. The van der Waals surface area contributed by atoms with Gasteiger partial charge in [-0.1, -0.05) is 24.3 Å². The number of benzene rings is 2. The summed E-state index contributed by atoms with van der Waals surface area (Å²) in [5, 5.41) is 3.36. The summed E-state index contributed by atoms with van der Waals surface area (Å²) in [5.74, 6) is 2.36. The van der Waals surface area contributed by atoms with Crippen molar-refractivity contribution in [3.63, 3.8) is 0 Å². The fourth-order valence-electron chi connectivity index (χ4n) is 3.56. The van der Waals surface area contributed by atoms with Crippen molar-refractivity contribution in [2.24, 2.45) is 0 Å². The Morgan fingerprint density at radius 1 is 0.857 bits per heavy atom. The third-order valence-corrected chi connectivity index (χ3v) is 6.18. The first-order valence-electron chi connectivity index (χ1n) is 8.20. The molecule has 2 aromatic rings. The smallest absolute Gasteiger partial charge is 0.120 e. The Morgan fingerprint density at radius 2 is 1.67 bits per heavy atom. The van der Waals surface area contributed by atoms with Gasteiger partial charge in [-0.05, 0) is 72.7 Å². The maximum absolute atomic E-state index is 6.11. The van der Waals surface area contributed by atoms with E-state index >= 15 is 0 Å². The molecule has 0 spiro atoms. The predicted molar refractivity (Wildman–Crippen MR) is 91.3 cm³/mol. The molecule has 1 saturated carbocycles. The van der Waals surface area contributed by atoms with E-state index in [9.17, 15) is 0 Å². The van der Waals surface area contributed by atoms with Gasteiger partial charge in [0.2, 0.25) is 0 Å². The summed E-state index contributed by atoms with van der Waals surface area (Å²) in [6, 6.07) is 13.5. The molecule has 0 amide bonds. The first kappa shape index (κ1) is 13.5. The number of hydrogen-bond acceptors (Lipinski definition) is 2. The van der Waals surface area contributed by atoms with Crippen LogP contribution in [0.15, 0.2) is 36.4 Å². The van der Waals surface area contributed by atoms with Crippen molar-refractivity contribution in [2.45, 2.75) is 49.9 Å². The molecule has 1 aliphatic carbocycles. The van der Waals surface area contributed by atoms with Gasteiger partial charge in [0.15, 0.2) is 0 Å². The van der Waals surface area contributed by atoms with Crippen molar-refractivity contribution in [2.75, 3.05) is 5.75 Å². The number of rotatable bonds is 3. The van der Waals surface area contributed by atoms with Crippen molar-refractivity contribution in [3.8, 4) is 5.75 Å². The summed E-state index contributed by atoms with van der Waals surface area (Å²) in [4.78, 5) is 0. The molecule has 21 heavy (non-hydrogen) atoms. The minimum absolute atomic E-state index is 0.441. The molecule has 2 fully saturated rings. The third kappa shape index (κ3) is 2.91. The van der Waals surface area contributed by atoms with Crippen molar-refractivity contribution < 1.29 is 4.74 Å². The van der Waals surface area contributed by atoms with E-state index in [0.717, 1.165) is 5.75 Å². The topological polar surface area (TPSA) is 9.23 Å². The first-order valence-corrected chi connectivity index (χ1v) is 9.25. The van der Waals surface area contributed by atoms with Gasteiger partial charge in [-0.25, -0.2) is 0 Å². The molecule has 0 aromatic heterocycles. The van der Waals surface area contributed by atoms with Crippen molar-refractivity contribution >= 4 is 22.5 Å². The van der Waals surface area contributed by atoms with Crippen LogP contribution in [0, 0.1) is 0 Å². The summed E-state index contributed by atoms with van der Waals surface area (Å²) >= 11 is 2.10. The van der Waals surface area contributed by atoms with Crippen molar-refractivity contribution in [3.05, 3.63) is 42.0 Å². The molecular weight excluding hydrogens is 276 g/mol. The summed E-state index contributed by atoms with van der Waals surface area (Å²) in [6.07, 6.45) is 8.21. The maximum atomic E-state index is 6.11. The van der Waals surface area contributed by atoms with E-state index in [0.29, 0.717) is 11.4 Å². The van der Waals surface area contributed by atoms with Crippen LogP contribution in [0.2, 0.25) is 0 Å². The Balaban J connectivity index is 1.58. The summed E-state index contributed by atoms with van der Waals surface area (Å²) in [7, 11) is 0. The van der Waals surface area contributed by atoms with Gasteiger partial charge in [0.1, 0.15) is 5.75 Å². The molecule has 1 unspecified atom stereocenters. The molecule has 1 heterocycles. The van der Waals surface area contributed by atoms with Gasteiger partial charge in [-0.2, -0.15) is 11.8 Å². The second-order valence-electron chi connectivity index (χ2n) is 6.29. The lowest BCUT2D eigenvalue weighted by molar-refractivity contribution is 0.210. The van der Waals surface area contributed by atoms with E-state index in [4.69, 9.17) is 4.74 Å². The van der Waals surface area contributed by atoms with Crippen LogP contribution in [0.25, 0.3) is 10.8 Å². The highest BCUT2D eigenvalue weighted by molar-refractivity contribution is 7.99. The average molecular weight is 298 g/mol. The number of ether oxygens (including phenoxy) is 1. The van der Waals surface area contributed by atoms with Gasteiger partial charge in [0.25, 0.3) is 0 Å². The second kappa shape index (κ2) is 5.92. The van der Waals surface area contributed by atoms with Gasteiger partial charge >= 0.3 is 0 Å². The van der Waals surface area contributed by atoms with Crippen LogP contribution in [0.5, 0.6) is 5.75 Å². The summed E-state index contributed by atoms with van der Waals surface area (Å²) in [6.45, 7) is 0. The van der Waals surface area contributed by atoms with Crippen LogP contribution in [-0.2, 0) is 0 Å². The van der Waals surface area contributed by atoms with E-state index in [1.165, 1.54) is 60.6 Å². The third-order valence-electron chi connectivity index (χ3n) is 4.74. The molecule has 1 nitrogen and oxygen atoms in total. The highest BCUT2D eigenvalue weighted by atomic mass is 32.2. The lowest BCUT2D eigenvalue weighted by Gasteiger charge is -2.14. The average Bonchev–Trinajstić information content (AvgIpc) is 3.20. The van der Waals surface area contributed by atoms with E-state index in [1.807, 2.05) is 0 Å². The molecule has 1 saturated heterocycles. The number of thioether (sulfide) groups is 1. The lowest BCUT2D eigenvalue weighted by atomic mass is 10.0. The Kier molecular flexibility index (Phi) is 3.81. The molecule has 1 atom stereocenters. The fourth-order valence-corrected chi connectivity index (χ4v) is 4.85. The monoisotopic (exact) mass is 298 g/mol. The Morgan fingerprint density at radius 3 is 2.48 bits per heavy atom. The zero-order valence-corrected chi connectivity index (χ0v) is 13.2. The van der Waals surface area contributed by atoms with Gasteiger partial charge < -0.3 is 4.74 Å². The number of hydrogen-bond donors (Lipinski definition) is 0. The molecule has 4 rings (SSSR count). The number of fused-ring (bicyclic) bond motifs is 1. The zero-order chi connectivity index (χ0) is 14.1. The van der Waals surface area contributed by atoms with Crippen LogP contribution in [0.4, 0.5) is 0 Å². The predicted octanol–water partition coefficient (Wildman–Crippen LogP) is 5.73. The van der Waals surface area contributed by atoms with E-state index in [1.54, 1.807) is 0 Å². The molecular formula is C19H22OS. The first-order chi connectivity index (χ1) is 10.4. The quantitative estimate of drug-likeness (QED) is 0.715. The Labute approximate surface area is 131 Å². The van der Waals surface area contributed by atoms with Crippen LogP contribution in [0.3, 0.4) is 0 Å². The minimum atomic E-state index is 0.441. The van der Waals surface area contributed by atoms with Gasteiger partial charge in [0.05, 0.1) is 6.10 Å². The Bertz CT molecular complexity index is 624. The lowest BCUT2D eigenvalue weighted by Crippen LogP contribution is -2.10. The maximum Gasteiger partial charge on any atom is 0.120 e. The highest BCUT2D eigenvalue weighted by Crippen LogP contribution is 2.40. The van der Waals surface area contributed by atoms with Gasteiger partial charge in [-0.15, -0.1) is 0 Å². The molecule has 0 bridgehead atoms. The fraction of sp³-hybridized carbons (Fsp3) is 0.474. The van der Waals surface area contributed by atoms with Crippen molar-refractivity contribution in [1.82, 2.24) is 0 Å². The summed E-state index contributed by atoms with van der Waals surface area (Å²) < 4.78 is 6.11. The van der Waals surface area contributed by atoms with Crippen LogP contribution >= 0.6 is 11.8 Å². The normalized spacial score (nSPS) is 23.0. The molecule has 2 heteroatoms. The molecule has 2 aromatic carbocycles. The second-order valence-corrected chi connectivity index (χ2v) is 7.60. The molecule has 110 valence electrons. The SMILES string of the molecule is c1cc2cc(C3CCCS3)ccc2cc1OC1CCCC1. The van der Waals surface area contributed by atoms with Crippen LogP contribution in [0.1, 0.15) is 49.3 Å². The van der Waals surface area contributed by atoms with Gasteiger partial charge in [0, 0.05) is 5.25 Å². The van der Waals surface area contributed by atoms with Gasteiger partial charge in [-0.3, -0.25) is 0 Å².